The summed E-state index contributed by atoms with van der Waals surface area (Å²) >= 11 is 0. The van der Waals surface area contributed by atoms with Crippen molar-refractivity contribution in [1.29, 1.82) is 0 Å². The van der Waals surface area contributed by atoms with E-state index in [1.165, 1.54) is 4.90 Å². The van der Waals surface area contributed by atoms with Gasteiger partial charge in [0.2, 0.25) is 21.8 Å². The second kappa shape index (κ2) is 11.5. The predicted molar refractivity (Wildman–Crippen MR) is 137 cm³/mol. The summed E-state index contributed by atoms with van der Waals surface area (Å²) in [5.41, 5.74) is 3.19. The van der Waals surface area contributed by atoms with Gasteiger partial charge in [0.15, 0.2) is 0 Å². The molecule has 0 fully saturated rings. The molecule has 0 spiro atoms. The fraction of sp³-hybridized carbons (Fsp3) is 0.462. The van der Waals surface area contributed by atoms with Gasteiger partial charge < -0.3 is 10.2 Å². The summed E-state index contributed by atoms with van der Waals surface area (Å²) in [6.45, 7) is 11.1. The zero-order valence-electron chi connectivity index (χ0n) is 21.2. The zero-order valence-corrected chi connectivity index (χ0v) is 22.0. The van der Waals surface area contributed by atoms with Crippen molar-refractivity contribution in [3.05, 3.63) is 65.2 Å². The molecule has 1 atom stereocenters. The number of amides is 2. The third-order valence-corrected chi connectivity index (χ3v) is 6.83. The number of hydrogen-bond acceptors (Lipinski definition) is 4. The van der Waals surface area contributed by atoms with Crippen LogP contribution >= 0.6 is 0 Å². The monoisotopic (exact) mass is 487 g/mol. The summed E-state index contributed by atoms with van der Waals surface area (Å²) in [5, 5.41) is 2.85. The highest BCUT2D eigenvalue weighted by molar-refractivity contribution is 7.92. The molecule has 0 saturated heterocycles. The quantitative estimate of drug-likeness (QED) is 0.552. The van der Waals surface area contributed by atoms with Gasteiger partial charge in [-0.3, -0.25) is 13.9 Å². The van der Waals surface area contributed by atoms with E-state index >= 15 is 0 Å². The van der Waals surface area contributed by atoms with Gasteiger partial charge in [-0.25, -0.2) is 8.42 Å². The van der Waals surface area contributed by atoms with Crippen LogP contribution in [0.4, 0.5) is 5.69 Å². The van der Waals surface area contributed by atoms with E-state index in [9.17, 15) is 18.0 Å². The Balaban J connectivity index is 2.47. The SMILES string of the molecule is Cc1ccccc1CN(C(=O)CN(c1ccccc1C(C)C)S(C)(=O)=O)[C@H](C)C(=O)NC(C)C. The van der Waals surface area contributed by atoms with Crippen LogP contribution in [0.1, 0.15) is 57.2 Å². The first-order valence-electron chi connectivity index (χ1n) is 11.5. The Morgan fingerprint density at radius 2 is 1.53 bits per heavy atom. The van der Waals surface area contributed by atoms with Gasteiger partial charge in [0.1, 0.15) is 12.6 Å². The highest BCUT2D eigenvalue weighted by atomic mass is 32.2. The molecule has 2 aromatic carbocycles. The Bertz CT molecular complexity index is 1110. The van der Waals surface area contributed by atoms with Crippen LogP contribution in [0.25, 0.3) is 0 Å². The van der Waals surface area contributed by atoms with Crippen molar-refractivity contribution < 1.29 is 18.0 Å². The number of nitrogens with zero attached hydrogens (tertiary/aromatic N) is 2. The normalized spacial score (nSPS) is 12.5. The minimum Gasteiger partial charge on any atom is -0.352 e. The van der Waals surface area contributed by atoms with E-state index < -0.39 is 28.5 Å². The number of benzene rings is 2. The molecule has 8 heteroatoms. The predicted octanol–water partition coefficient (Wildman–Crippen LogP) is 3.83. The lowest BCUT2D eigenvalue weighted by molar-refractivity contribution is -0.139. The highest BCUT2D eigenvalue weighted by Crippen LogP contribution is 2.29. The van der Waals surface area contributed by atoms with Crippen molar-refractivity contribution in [1.82, 2.24) is 10.2 Å². The lowest BCUT2D eigenvalue weighted by atomic mass is 10.0. The van der Waals surface area contributed by atoms with Crippen molar-refractivity contribution in [2.45, 2.75) is 66.1 Å². The number of carbonyl (C=O) groups excluding carboxylic acids is 2. The summed E-state index contributed by atoms with van der Waals surface area (Å²) in [6.07, 6.45) is 1.10. The minimum absolute atomic E-state index is 0.0642. The van der Waals surface area contributed by atoms with Gasteiger partial charge in [0, 0.05) is 12.6 Å². The number of para-hydroxylation sites is 1. The topological polar surface area (TPSA) is 86.8 Å². The Labute approximate surface area is 204 Å². The van der Waals surface area contributed by atoms with Crippen molar-refractivity contribution >= 4 is 27.5 Å². The second-order valence-corrected chi connectivity index (χ2v) is 11.2. The molecular weight excluding hydrogens is 450 g/mol. The number of anilines is 1. The molecule has 0 bridgehead atoms. The van der Waals surface area contributed by atoms with Gasteiger partial charge in [0.05, 0.1) is 11.9 Å². The molecule has 0 aliphatic carbocycles. The summed E-state index contributed by atoms with van der Waals surface area (Å²) in [4.78, 5) is 27.9. The van der Waals surface area contributed by atoms with Gasteiger partial charge in [-0.2, -0.15) is 0 Å². The standard InChI is InChI=1S/C26H37N3O4S/c1-18(2)23-14-10-11-15-24(23)29(34(7,32)33)17-25(30)28(21(6)26(31)27-19(3)4)16-22-13-9-8-12-20(22)5/h8-15,18-19,21H,16-17H2,1-7H3,(H,27,31)/t21-/m1/s1. The average Bonchev–Trinajstić information content (AvgIpc) is 2.75. The molecule has 34 heavy (non-hydrogen) atoms. The third-order valence-electron chi connectivity index (χ3n) is 5.71. The molecule has 0 heterocycles. The molecule has 0 aromatic heterocycles. The highest BCUT2D eigenvalue weighted by Gasteiger charge is 2.31. The number of aryl methyl sites for hydroxylation is 1. The summed E-state index contributed by atoms with van der Waals surface area (Å²) in [7, 11) is -3.76. The molecule has 0 unspecified atom stereocenters. The Hall–Kier alpha value is -2.87. The first-order chi connectivity index (χ1) is 15.8. The number of carbonyl (C=O) groups is 2. The first-order valence-corrected chi connectivity index (χ1v) is 13.4. The van der Waals surface area contributed by atoms with E-state index in [4.69, 9.17) is 0 Å². The molecule has 2 rings (SSSR count). The lowest BCUT2D eigenvalue weighted by Crippen LogP contribution is -2.52. The molecular formula is C26H37N3O4S. The summed E-state index contributed by atoms with van der Waals surface area (Å²) in [6, 6.07) is 14.0. The maximum absolute atomic E-state index is 13.6. The Morgan fingerprint density at radius 1 is 0.941 bits per heavy atom. The largest absolute Gasteiger partial charge is 0.352 e. The number of sulfonamides is 1. The molecule has 1 N–H and O–H groups in total. The van der Waals surface area contributed by atoms with E-state index in [1.54, 1.807) is 19.1 Å². The van der Waals surface area contributed by atoms with Crippen LogP contribution in [-0.4, -0.2) is 50.0 Å². The molecule has 186 valence electrons. The molecule has 0 aliphatic heterocycles. The van der Waals surface area contributed by atoms with Gasteiger partial charge >= 0.3 is 0 Å². The fourth-order valence-corrected chi connectivity index (χ4v) is 4.62. The lowest BCUT2D eigenvalue weighted by Gasteiger charge is -2.33. The van der Waals surface area contributed by atoms with Gasteiger partial charge in [-0.1, -0.05) is 56.3 Å². The van der Waals surface area contributed by atoms with Crippen molar-refractivity contribution in [2.75, 3.05) is 17.1 Å². The van der Waals surface area contributed by atoms with Crippen LogP contribution in [0.2, 0.25) is 0 Å². The molecule has 0 aliphatic rings. The second-order valence-electron chi connectivity index (χ2n) is 9.27. The first kappa shape index (κ1) is 27.4. The number of nitrogens with one attached hydrogen (secondary N) is 1. The number of hydrogen-bond donors (Lipinski definition) is 1. The van der Waals surface area contributed by atoms with E-state index in [-0.39, 0.29) is 24.4 Å². The van der Waals surface area contributed by atoms with Crippen LogP contribution in [-0.2, 0) is 26.2 Å². The van der Waals surface area contributed by atoms with E-state index in [0.29, 0.717) is 5.69 Å². The zero-order chi connectivity index (χ0) is 25.6. The maximum atomic E-state index is 13.6. The number of rotatable bonds is 10. The van der Waals surface area contributed by atoms with E-state index in [1.807, 2.05) is 71.0 Å². The minimum atomic E-state index is -3.76. The molecule has 7 nitrogen and oxygen atoms in total. The van der Waals surface area contributed by atoms with Crippen LogP contribution in [0, 0.1) is 6.92 Å². The van der Waals surface area contributed by atoms with Crippen LogP contribution in [0.5, 0.6) is 0 Å². The Morgan fingerprint density at radius 3 is 2.09 bits per heavy atom. The van der Waals surface area contributed by atoms with E-state index in [2.05, 4.69) is 5.32 Å². The molecule has 0 saturated carbocycles. The van der Waals surface area contributed by atoms with Crippen molar-refractivity contribution in [3.8, 4) is 0 Å². The smallest absolute Gasteiger partial charge is 0.244 e. The van der Waals surface area contributed by atoms with E-state index in [0.717, 1.165) is 27.3 Å². The van der Waals surface area contributed by atoms with Crippen LogP contribution < -0.4 is 9.62 Å². The van der Waals surface area contributed by atoms with Gasteiger partial charge in [-0.15, -0.1) is 0 Å². The summed E-state index contributed by atoms with van der Waals surface area (Å²) in [5.74, 6) is -0.668. The molecule has 2 aromatic rings. The fourth-order valence-electron chi connectivity index (χ4n) is 3.76. The molecule has 2 amide bonds. The van der Waals surface area contributed by atoms with Crippen molar-refractivity contribution in [2.24, 2.45) is 0 Å². The molecule has 0 radical (unpaired) electrons. The Kier molecular flexibility index (Phi) is 9.27. The maximum Gasteiger partial charge on any atom is 0.244 e. The van der Waals surface area contributed by atoms with Gasteiger partial charge in [0.25, 0.3) is 0 Å². The third kappa shape index (κ3) is 7.06. The summed E-state index contributed by atoms with van der Waals surface area (Å²) < 4.78 is 26.7. The van der Waals surface area contributed by atoms with Gasteiger partial charge in [-0.05, 0) is 56.4 Å². The van der Waals surface area contributed by atoms with Crippen LogP contribution in [0.15, 0.2) is 48.5 Å². The van der Waals surface area contributed by atoms with Crippen LogP contribution in [0.3, 0.4) is 0 Å². The average molecular weight is 488 g/mol. The van der Waals surface area contributed by atoms with Crippen molar-refractivity contribution in [3.63, 3.8) is 0 Å².